The Hall–Kier alpha value is -1.98. The van der Waals surface area contributed by atoms with Gasteiger partial charge in [0.25, 0.3) is 0 Å². The molecule has 108 valence electrons. The third kappa shape index (κ3) is 3.12. The minimum atomic E-state index is -0.385. The first-order valence-electron chi connectivity index (χ1n) is 6.85. The number of rotatable bonds is 5. The fourth-order valence-corrected chi connectivity index (χ4v) is 2.27. The van der Waals surface area contributed by atoms with E-state index in [4.69, 9.17) is 5.73 Å². The summed E-state index contributed by atoms with van der Waals surface area (Å²) >= 11 is 0. The highest BCUT2D eigenvalue weighted by atomic mass is 19.1. The van der Waals surface area contributed by atoms with Gasteiger partial charge in [0.1, 0.15) is 5.82 Å². The predicted octanol–water partition coefficient (Wildman–Crippen LogP) is 3.06. The minimum Gasteiger partial charge on any atom is -0.399 e. The average molecular weight is 277 g/mol. The fourth-order valence-electron chi connectivity index (χ4n) is 2.27. The van der Waals surface area contributed by atoms with Crippen LogP contribution >= 0.6 is 0 Å². The number of benzene rings is 1. The first-order valence-corrected chi connectivity index (χ1v) is 6.85. The van der Waals surface area contributed by atoms with Crippen LogP contribution in [0.3, 0.4) is 0 Å². The van der Waals surface area contributed by atoms with E-state index in [9.17, 15) is 4.39 Å². The molecule has 1 heterocycles. The zero-order valence-electron chi connectivity index (χ0n) is 12.0. The van der Waals surface area contributed by atoms with Gasteiger partial charge in [-0.15, -0.1) is 5.10 Å². The van der Waals surface area contributed by atoms with Gasteiger partial charge in [0.05, 0.1) is 6.04 Å². The highest BCUT2D eigenvalue weighted by molar-refractivity contribution is 5.61. The van der Waals surface area contributed by atoms with E-state index in [0.717, 1.165) is 12.8 Å². The predicted molar refractivity (Wildman–Crippen MR) is 76.4 cm³/mol. The second-order valence-electron chi connectivity index (χ2n) is 5.32. The van der Waals surface area contributed by atoms with E-state index in [0.29, 0.717) is 23.0 Å². The lowest BCUT2D eigenvalue weighted by atomic mass is 10.0. The largest absolute Gasteiger partial charge is 0.399 e. The van der Waals surface area contributed by atoms with Gasteiger partial charge in [0, 0.05) is 11.3 Å². The lowest BCUT2D eigenvalue weighted by Crippen LogP contribution is -2.12. The SMILES string of the molecule is CCC(C)CC(C)n1nnnc1-c1cc(N)cc(F)c1. The van der Waals surface area contributed by atoms with Gasteiger partial charge < -0.3 is 5.73 Å². The molecule has 2 unspecified atom stereocenters. The molecule has 2 N–H and O–H groups in total. The first kappa shape index (κ1) is 14.4. The molecule has 2 aromatic rings. The molecule has 0 spiro atoms. The van der Waals surface area contributed by atoms with Crippen LogP contribution in [0.25, 0.3) is 11.4 Å². The standard InChI is InChI=1S/C14H20FN5/c1-4-9(2)5-10(3)20-14(17-18-19-20)11-6-12(15)8-13(16)7-11/h6-10H,4-5,16H2,1-3H3. The summed E-state index contributed by atoms with van der Waals surface area (Å²) in [7, 11) is 0. The van der Waals surface area contributed by atoms with E-state index in [1.165, 1.54) is 12.1 Å². The molecular weight excluding hydrogens is 257 g/mol. The van der Waals surface area contributed by atoms with Crippen molar-refractivity contribution in [3.8, 4) is 11.4 Å². The maximum absolute atomic E-state index is 13.5. The summed E-state index contributed by atoms with van der Waals surface area (Å²) in [6.07, 6.45) is 2.08. The zero-order chi connectivity index (χ0) is 14.7. The van der Waals surface area contributed by atoms with Crippen molar-refractivity contribution in [2.75, 3.05) is 5.73 Å². The highest BCUT2D eigenvalue weighted by Crippen LogP contribution is 2.25. The Morgan fingerprint density at radius 2 is 2.05 bits per heavy atom. The zero-order valence-corrected chi connectivity index (χ0v) is 12.0. The number of nitrogen functional groups attached to an aromatic ring is 1. The molecule has 2 rings (SSSR count). The van der Waals surface area contributed by atoms with E-state index in [1.807, 2.05) is 0 Å². The van der Waals surface area contributed by atoms with Crippen LogP contribution in [0.15, 0.2) is 18.2 Å². The molecule has 5 nitrogen and oxygen atoms in total. The van der Waals surface area contributed by atoms with Gasteiger partial charge in [-0.1, -0.05) is 20.3 Å². The molecular formula is C14H20FN5. The Balaban J connectivity index is 2.32. The van der Waals surface area contributed by atoms with Gasteiger partial charge in [-0.3, -0.25) is 0 Å². The molecule has 2 atom stereocenters. The molecule has 0 amide bonds. The lowest BCUT2D eigenvalue weighted by molar-refractivity contribution is 0.371. The van der Waals surface area contributed by atoms with Crippen LogP contribution in [-0.2, 0) is 0 Å². The Bertz CT molecular complexity index is 560. The van der Waals surface area contributed by atoms with E-state index in [1.54, 1.807) is 10.7 Å². The Labute approximate surface area is 118 Å². The third-order valence-corrected chi connectivity index (χ3v) is 3.53. The van der Waals surface area contributed by atoms with Gasteiger partial charge in [-0.05, 0) is 47.9 Å². The summed E-state index contributed by atoms with van der Waals surface area (Å²) in [6, 6.07) is 4.51. The van der Waals surface area contributed by atoms with E-state index < -0.39 is 0 Å². The molecule has 0 saturated heterocycles. The number of anilines is 1. The number of nitrogens with two attached hydrogens (primary N) is 1. The van der Waals surface area contributed by atoms with Crippen LogP contribution < -0.4 is 5.73 Å². The molecule has 1 aromatic heterocycles. The number of hydrogen-bond donors (Lipinski definition) is 1. The Morgan fingerprint density at radius 3 is 2.70 bits per heavy atom. The molecule has 0 aliphatic carbocycles. The highest BCUT2D eigenvalue weighted by Gasteiger charge is 2.17. The van der Waals surface area contributed by atoms with Crippen molar-refractivity contribution in [2.24, 2.45) is 5.92 Å². The van der Waals surface area contributed by atoms with Gasteiger partial charge in [-0.2, -0.15) is 0 Å². The number of tetrazole rings is 1. The number of nitrogens with zero attached hydrogens (tertiary/aromatic N) is 4. The molecule has 0 radical (unpaired) electrons. The normalized spacial score (nSPS) is 14.2. The molecule has 0 aliphatic rings. The number of aromatic nitrogens is 4. The lowest BCUT2D eigenvalue weighted by Gasteiger charge is -2.17. The van der Waals surface area contributed by atoms with Gasteiger partial charge in [-0.25, -0.2) is 9.07 Å². The van der Waals surface area contributed by atoms with Crippen molar-refractivity contribution in [3.05, 3.63) is 24.0 Å². The summed E-state index contributed by atoms with van der Waals surface area (Å²) in [5, 5.41) is 11.7. The molecule has 0 bridgehead atoms. The monoisotopic (exact) mass is 277 g/mol. The first-order chi connectivity index (χ1) is 9.51. The van der Waals surface area contributed by atoms with Gasteiger partial charge in [0.2, 0.25) is 0 Å². The summed E-state index contributed by atoms with van der Waals surface area (Å²) in [6.45, 7) is 6.42. The molecule has 0 saturated carbocycles. The second-order valence-corrected chi connectivity index (χ2v) is 5.32. The van der Waals surface area contributed by atoms with Gasteiger partial charge in [0.15, 0.2) is 5.82 Å². The van der Waals surface area contributed by atoms with Crippen LogP contribution in [0.2, 0.25) is 0 Å². The van der Waals surface area contributed by atoms with Crippen LogP contribution in [0, 0.1) is 11.7 Å². The summed E-state index contributed by atoms with van der Waals surface area (Å²) in [5.41, 5.74) is 6.64. The number of halogens is 1. The van der Waals surface area contributed by atoms with Crippen molar-refractivity contribution >= 4 is 5.69 Å². The van der Waals surface area contributed by atoms with E-state index in [-0.39, 0.29) is 11.9 Å². The van der Waals surface area contributed by atoms with Crippen molar-refractivity contribution in [3.63, 3.8) is 0 Å². The van der Waals surface area contributed by atoms with Crippen LogP contribution in [0.1, 0.15) is 39.7 Å². The maximum atomic E-state index is 13.5. The molecule has 20 heavy (non-hydrogen) atoms. The van der Waals surface area contributed by atoms with Crippen molar-refractivity contribution in [2.45, 2.75) is 39.7 Å². The summed E-state index contributed by atoms with van der Waals surface area (Å²) < 4.78 is 15.2. The molecule has 6 heteroatoms. The van der Waals surface area contributed by atoms with E-state index >= 15 is 0 Å². The molecule has 1 aromatic carbocycles. The van der Waals surface area contributed by atoms with Crippen molar-refractivity contribution in [1.29, 1.82) is 0 Å². The van der Waals surface area contributed by atoms with E-state index in [2.05, 4.69) is 36.3 Å². The quantitative estimate of drug-likeness (QED) is 0.853. The molecule has 0 aliphatic heterocycles. The Kier molecular flexibility index (Phi) is 4.32. The van der Waals surface area contributed by atoms with Gasteiger partial charge >= 0.3 is 0 Å². The van der Waals surface area contributed by atoms with Crippen molar-refractivity contribution in [1.82, 2.24) is 20.2 Å². The van der Waals surface area contributed by atoms with Crippen molar-refractivity contribution < 1.29 is 4.39 Å². The second kappa shape index (κ2) is 5.98. The summed E-state index contributed by atoms with van der Waals surface area (Å²) in [4.78, 5) is 0. The smallest absolute Gasteiger partial charge is 0.182 e. The van der Waals surface area contributed by atoms with Crippen LogP contribution in [0.4, 0.5) is 10.1 Å². The Morgan fingerprint density at radius 1 is 1.30 bits per heavy atom. The average Bonchev–Trinajstić information content (AvgIpc) is 2.86. The minimum absolute atomic E-state index is 0.152. The maximum Gasteiger partial charge on any atom is 0.182 e. The van der Waals surface area contributed by atoms with Crippen LogP contribution in [-0.4, -0.2) is 20.2 Å². The number of hydrogen-bond acceptors (Lipinski definition) is 4. The van der Waals surface area contributed by atoms with Crippen LogP contribution in [0.5, 0.6) is 0 Å². The third-order valence-electron chi connectivity index (χ3n) is 3.53. The molecule has 0 fully saturated rings. The summed E-state index contributed by atoms with van der Waals surface area (Å²) in [5.74, 6) is 0.746. The topological polar surface area (TPSA) is 69.6 Å². The fraction of sp³-hybridized carbons (Fsp3) is 0.500.